The topological polar surface area (TPSA) is 0 Å². The Morgan fingerprint density at radius 1 is 0.722 bits per heavy atom. The van der Waals surface area contributed by atoms with Crippen molar-refractivity contribution in [2.24, 2.45) is 0 Å². The third-order valence-electron chi connectivity index (χ3n) is 3.41. The Morgan fingerprint density at radius 3 is 1.44 bits per heavy atom. The van der Waals surface area contributed by atoms with E-state index in [1.807, 2.05) is 0 Å². The lowest BCUT2D eigenvalue weighted by atomic mass is 10.2. The van der Waals surface area contributed by atoms with Gasteiger partial charge in [0.25, 0.3) is 0 Å². The third kappa shape index (κ3) is 2.46. The van der Waals surface area contributed by atoms with Crippen LogP contribution in [0.2, 0.25) is 0 Å². The minimum absolute atomic E-state index is 0.292. The van der Waals surface area contributed by atoms with E-state index in [1.165, 1.54) is 33.8 Å². The molecule has 0 unspecified atom stereocenters. The summed E-state index contributed by atoms with van der Waals surface area (Å²) in [4.78, 5) is 3.01. The predicted molar refractivity (Wildman–Crippen MR) is 79.3 cm³/mol. The first kappa shape index (κ1) is 11.9. The molecule has 0 spiro atoms. The molecule has 1 aliphatic rings. The Kier molecular flexibility index (Phi) is 3.17. The average Bonchev–Trinajstić information content (AvgIpc) is 3.19. The van der Waals surface area contributed by atoms with Crippen molar-refractivity contribution in [3.05, 3.63) is 59.7 Å². The molecular weight excluding hydrogens is 236 g/mol. The Morgan fingerprint density at radius 2 is 1.11 bits per heavy atom. The maximum Gasteiger partial charge on any atom is 0.161 e. The van der Waals surface area contributed by atoms with Crippen LogP contribution in [-0.2, 0) is 10.9 Å². The van der Waals surface area contributed by atoms with Crippen LogP contribution in [0, 0.1) is 13.8 Å². The lowest BCUT2D eigenvalue weighted by Crippen LogP contribution is -2.09. The summed E-state index contributed by atoms with van der Waals surface area (Å²) in [5, 5.41) is 0.885. The second-order valence-corrected chi connectivity index (χ2v) is 7.45. The van der Waals surface area contributed by atoms with E-state index in [2.05, 4.69) is 62.4 Å². The highest BCUT2D eigenvalue weighted by atomic mass is 32.2. The zero-order valence-electron chi connectivity index (χ0n) is 11.0. The van der Waals surface area contributed by atoms with E-state index in [-0.39, 0.29) is 0 Å². The van der Waals surface area contributed by atoms with Gasteiger partial charge in [0.2, 0.25) is 0 Å². The van der Waals surface area contributed by atoms with Crippen molar-refractivity contribution in [1.29, 1.82) is 0 Å². The van der Waals surface area contributed by atoms with E-state index < -0.39 is 0 Å². The smallest absolute Gasteiger partial charge is 0.0543 e. The van der Waals surface area contributed by atoms with Crippen molar-refractivity contribution in [3.8, 4) is 0 Å². The Bertz CT molecular complexity index is 475. The minimum atomic E-state index is 0.292. The summed E-state index contributed by atoms with van der Waals surface area (Å²) in [6.07, 6.45) is 2.79. The zero-order chi connectivity index (χ0) is 12.5. The molecule has 1 heteroatoms. The van der Waals surface area contributed by atoms with Crippen LogP contribution in [-0.4, -0.2) is 5.25 Å². The monoisotopic (exact) mass is 255 g/mol. The van der Waals surface area contributed by atoms with Crippen molar-refractivity contribution < 1.29 is 0 Å². The zero-order valence-corrected chi connectivity index (χ0v) is 11.8. The van der Waals surface area contributed by atoms with E-state index >= 15 is 0 Å². The Hall–Kier alpha value is -1.21. The molecule has 0 radical (unpaired) electrons. The van der Waals surface area contributed by atoms with Crippen LogP contribution in [0.4, 0.5) is 0 Å². The first-order valence-corrected chi connectivity index (χ1v) is 7.89. The number of benzene rings is 2. The predicted octanol–water partition coefficient (Wildman–Crippen LogP) is 4.50. The maximum atomic E-state index is 2.32. The number of aryl methyl sites for hydroxylation is 2. The summed E-state index contributed by atoms with van der Waals surface area (Å²) in [7, 11) is 0.292. The first-order chi connectivity index (χ1) is 8.74. The highest BCUT2D eigenvalue weighted by molar-refractivity contribution is 7.97. The SMILES string of the molecule is Cc1ccc([S+](c2ccc(C)cc2)C2CC2)cc1. The molecule has 0 nitrogen and oxygen atoms in total. The van der Waals surface area contributed by atoms with Crippen molar-refractivity contribution in [2.75, 3.05) is 0 Å². The molecule has 3 rings (SSSR count). The quantitative estimate of drug-likeness (QED) is 0.708. The average molecular weight is 255 g/mol. The van der Waals surface area contributed by atoms with Gasteiger partial charge in [-0.2, -0.15) is 0 Å². The van der Waals surface area contributed by atoms with Gasteiger partial charge in [-0.05, 0) is 38.1 Å². The molecule has 0 aliphatic heterocycles. The summed E-state index contributed by atoms with van der Waals surface area (Å²) < 4.78 is 0. The highest BCUT2D eigenvalue weighted by Gasteiger charge is 2.43. The molecule has 92 valence electrons. The fourth-order valence-corrected chi connectivity index (χ4v) is 4.70. The molecule has 0 aromatic heterocycles. The van der Waals surface area contributed by atoms with Crippen molar-refractivity contribution >= 4 is 10.9 Å². The van der Waals surface area contributed by atoms with Gasteiger partial charge in [-0.1, -0.05) is 35.4 Å². The van der Waals surface area contributed by atoms with Crippen LogP contribution >= 0.6 is 0 Å². The summed E-state index contributed by atoms with van der Waals surface area (Å²) in [6, 6.07) is 18.2. The van der Waals surface area contributed by atoms with Gasteiger partial charge in [0.1, 0.15) is 5.25 Å². The Balaban J connectivity index is 1.97. The Labute approximate surface area is 112 Å². The third-order valence-corrected chi connectivity index (χ3v) is 6.11. The van der Waals surface area contributed by atoms with Gasteiger partial charge < -0.3 is 0 Å². The van der Waals surface area contributed by atoms with Crippen LogP contribution in [0.15, 0.2) is 58.3 Å². The van der Waals surface area contributed by atoms with Crippen LogP contribution < -0.4 is 0 Å². The van der Waals surface area contributed by atoms with Gasteiger partial charge in [-0.25, -0.2) is 0 Å². The first-order valence-electron chi connectivity index (χ1n) is 6.60. The van der Waals surface area contributed by atoms with Crippen LogP contribution in [0.5, 0.6) is 0 Å². The standard InChI is InChI=1S/C17H19S/c1-13-3-7-15(8-4-13)18(17-11-12-17)16-9-5-14(2)6-10-16/h3-10,17H,11-12H2,1-2H3/q+1. The summed E-state index contributed by atoms with van der Waals surface area (Å²) in [5.74, 6) is 0. The lowest BCUT2D eigenvalue weighted by Gasteiger charge is -2.07. The molecule has 0 amide bonds. The summed E-state index contributed by atoms with van der Waals surface area (Å²) in [5.41, 5.74) is 2.70. The molecule has 2 aromatic rings. The summed E-state index contributed by atoms with van der Waals surface area (Å²) >= 11 is 0. The van der Waals surface area contributed by atoms with Crippen molar-refractivity contribution in [2.45, 2.75) is 41.7 Å². The van der Waals surface area contributed by atoms with Gasteiger partial charge >= 0.3 is 0 Å². The molecule has 2 aromatic carbocycles. The largest absolute Gasteiger partial charge is 0.161 e. The second-order valence-electron chi connectivity index (χ2n) is 5.16. The van der Waals surface area contributed by atoms with Gasteiger partial charge in [0.15, 0.2) is 9.79 Å². The molecule has 18 heavy (non-hydrogen) atoms. The van der Waals surface area contributed by atoms with E-state index in [4.69, 9.17) is 0 Å². The van der Waals surface area contributed by atoms with Gasteiger partial charge in [-0.15, -0.1) is 0 Å². The normalized spacial score (nSPS) is 15.1. The van der Waals surface area contributed by atoms with E-state index in [9.17, 15) is 0 Å². The fourth-order valence-electron chi connectivity index (χ4n) is 2.19. The van der Waals surface area contributed by atoms with Gasteiger partial charge in [-0.3, -0.25) is 0 Å². The number of hydrogen-bond donors (Lipinski definition) is 0. The van der Waals surface area contributed by atoms with E-state index in [0.717, 1.165) is 5.25 Å². The minimum Gasteiger partial charge on any atom is -0.0543 e. The maximum absolute atomic E-state index is 2.32. The molecule has 0 N–H and O–H groups in total. The van der Waals surface area contributed by atoms with Gasteiger partial charge in [0.05, 0.1) is 10.9 Å². The highest BCUT2D eigenvalue weighted by Crippen LogP contribution is 2.40. The lowest BCUT2D eigenvalue weighted by molar-refractivity contribution is 1.29. The van der Waals surface area contributed by atoms with Crippen LogP contribution in [0.3, 0.4) is 0 Å². The molecule has 1 fully saturated rings. The van der Waals surface area contributed by atoms with Crippen LogP contribution in [0.1, 0.15) is 24.0 Å². The second kappa shape index (κ2) is 4.81. The number of hydrogen-bond acceptors (Lipinski definition) is 0. The molecule has 1 aliphatic carbocycles. The van der Waals surface area contributed by atoms with Gasteiger partial charge in [0, 0.05) is 12.8 Å². The van der Waals surface area contributed by atoms with E-state index in [1.54, 1.807) is 0 Å². The molecule has 0 bridgehead atoms. The fraction of sp³-hybridized carbons (Fsp3) is 0.294. The summed E-state index contributed by atoms with van der Waals surface area (Å²) in [6.45, 7) is 4.32. The van der Waals surface area contributed by atoms with Crippen molar-refractivity contribution in [1.82, 2.24) is 0 Å². The molecule has 0 heterocycles. The molecule has 0 atom stereocenters. The molecule has 0 saturated heterocycles. The van der Waals surface area contributed by atoms with Crippen molar-refractivity contribution in [3.63, 3.8) is 0 Å². The van der Waals surface area contributed by atoms with E-state index in [0.29, 0.717) is 10.9 Å². The van der Waals surface area contributed by atoms with Crippen LogP contribution in [0.25, 0.3) is 0 Å². The number of rotatable bonds is 3. The molecule has 1 saturated carbocycles. The molecular formula is C17H19S+.